The van der Waals surface area contributed by atoms with Crippen LogP contribution in [0.25, 0.3) is 0 Å². The third kappa shape index (κ3) is 3.51. The zero-order valence-corrected chi connectivity index (χ0v) is 9.29. The van der Waals surface area contributed by atoms with E-state index in [0.717, 1.165) is 18.4 Å². The predicted molar refractivity (Wildman–Crippen MR) is 59.3 cm³/mol. The van der Waals surface area contributed by atoms with E-state index in [9.17, 15) is 4.39 Å². The molecule has 0 saturated heterocycles. The number of hydrogen-bond acceptors (Lipinski definition) is 2. The number of nitrogens with two attached hydrogens (primary N) is 1. The van der Waals surface area contributed by atoms with Crippen molar-refractivity contribution >= 4 is 0 Å². The van der Waals surface area contributed by atoms with Crippen molar-refractivity contribution in [2.75, 3.05) is 0 Å². The highest BCUT2D eigenvalue weighted by Gasteiger charge is 2.08. The van der Waals surface area contributed by atoms with E-state index in [1.165, 1.54) is 6.07 Å². The molecule has 1 unspecified atom stereocenters. The van der Waals surface area contributed by atoms with Crippen LogP contribution in [0.4, 0.5) is 4.39 Å². The Morgan fingerprint density at radius 2 is 2.20 bits per heavy atom. The lowest BCUT2D eigenvalue weighted by molar-refractivity contribution is 0.200. The Labute approximate surface area is 90.2 Å². The van der Waals surface area contributed by atoms with Crippen molar-refractivity contribution in [1.82, 2.24) is 0 Å². The van der Waals surface area contributed by atoms with E-state index < -0.39 is 0 Å². The second-order valence-electron chi connectivity index (χ2n) is 3.69. The highest BCUT2D eigenvalue weighted by Crippen LogP contribution is 2.20. The maximum Gasteiger partial charge on any atom is 0.165 e. The van der Waals surface area contributed by atoms with Gasteiger partial charge in [0, 0.05) is 6.54 Å². The van der Waals surface area contributed by atoms with Gasteiger partial charge in [-0.3, -0.25) is 0 Å². The highest BCUT2D eigenvalue weighted by molar-refractivity contribution is 5.29. The molecule has 0 heterocycles. The molecule has 2 N–H and O–H groups in total. The molecule has 3 heteroatoms. The average Bonchev–Trinajstić information content (AvgIpc) is 2.21. The summed E-state index contributed by atoms with van der Waals surface area (Å²) >= 11 is 0. The summed E-state index contributed by atoms with van der Waals surface area (Å²) in [5.74, 6) is -0.0194. The Morgan fingerprint density at radius 1 is 1.47 bits per heavy atom. The molecule has 0 amide bonds. The van der Waals surface area contributed by atoms with Crippen LogP contribution >= 0.6 is 0 Å². The molecule has 84 valence electrons. The zero-order valence-electron chi connectivity index (χ0n) is 9.29. The van der Waals surface area contributed by atoms with Gasteiger partial charge in [0.2, 0.25) is 0 Å². The molecule has 0 saturated carbocycles. The molecule has 0 bridgehead atoms. The number of hydrogen-bond donors (Lipinski definition) is 1. The summed E-state index contributed by atoms with van der Waals surface area (Å²) in [5, 5.41) is 0. The number of ether oxygens (including phenoxy) is 1. The molecule has 2 nitrogen and oxygen atoms in total. The van der Waals surface area contributed by atoms with Crippen LogP contribution in [-0.2, 0) is 6.54 Å². The minimum absolute atomic E-state index is 0.0493. The number of benzene rings is 1. The second-order valence-corrected chi connectivity index (χ2v) is 3.69. The second kappa shape index (κ2) is 5.71. The Morgan fingerprint density at radius 3 is 2.73 bits per heavy atom. The van der Waals surface area contributed by atoms with Crippen LogP contribution in [0.1, 0.15) is 32.3 Å². The predicted octanol–water partition coefficient (Wildman–Crippen LogP) is 2.85. The van der Waals surface area contributed by atoms with E-state index in [0.29, 0.717) is 12.3 Å². The number of rotatable bonds is 5. The quantitative estimate of drug-likeness (QED) is 0.812. The van der Waals surface area contributed by atoms with Crippen molar-refractivity contribution in [3.63, 3.8) is 0 Å². The molecule has 0 aliphatic carbocycles. The zero-order chi connectivity index (χ0) is 11.3. The molecule has 1 aromatic carbocycles. The Hall–Kier alpha value is -1.09. The van der Waals surface area contributed by atoms with Crippen LogP contribution in [0.15, 0.2) is 18.2 Å². The first-order valence-corrected chi connectivity index (χ1v) is 5.32. The van der Waals surface area contributed by atoms with Crippen LogP contribution < -0.4 is 10.5 Å². The van der Waals surface area contributed by atoms with E-state index in [1.54, 1.807) is 12.1 Å². The first kappa shape index (κ1) is 12.0. The van der Waals surface area contributed by atoms with Gasteiger partial charge in [-0.2, -0.15) is 0 Å². The minimum atomic E-state index is -0.332. The minimum Gasteiger partial charge on any atom is -0.488 e. The van der Waals surface area contributed by atoms with Gasteiger partial charge in [-0.05, 0) is 31.0 Å². The molecule has 0 spiro atoms. The normalized spacial score (nSPS) is 12.5. The highest BCUT2D eigenvalue weighted by atomic mass is 19.1. The van der Waals surface area contributed by atoms with Crippen molar-refractivity contribution in [3.8, 4) is 5.75 Å². The molecule has 1 aromatic rings. The third-order valence-electron chi connectivity index (χ3n) is 2.26. The van der Waals surface area contributed by atoms with Gasteiger partial charge >= 0.3 is 0 Å². The van der Waals surface area contributed by atoms with Gasteiger partial charge in [0.1, 0.15) is 0 Å². The fourth-order valence-electron chi connectivity index (χ4n) is 1.45. The standard InChI is InChI=1S/C12H18FNO/c1-3-4-9(2)15-12-6-5-10(8-14)7-11(12)13/h5-7,9H,3-4,8,14H2,1-2H3. The Bertz CT molecular complexity index is 314. The fourth-order valence-corrected chi connectivity index (χ4v) is 1.45. The monoisotopic (exact) mass is 211 g/mol. The molecular formula is C12H18FNO. The lowest BCUT2D eigenvalue weighted by Crippen LogP contribution is -2.12. The first-order chi connectivity index (χ1) is 7.17. The van der Waals surface area contributed by atoms with Crippen LogP contribution in [0.5, 0.6) is 5.75 Å². The summed E-state index contributed by atoms with van der Waals surface area (Å²) < 4.78 is 18.9. The maximum absolute atomic E-state index is 13.5. The summed E-state index contributed by atoms with van der Waals surface area (Å²) in [4.78, 5) is 0. The van der Waals surface area contributed by atoms with Gasteiger partial charge in [0.25, 0.3) is 0 Å². The molecule has 0 aliphatic heterocycles. The molecule has 1 rings (SSSR count). The third-order valence-corrected chi connectivity index (χ3v) is 2.26. The summed E-state index contributed by atoms with van der Waals surface area (Å²) in [6, 6.07) is 4.86. The Kier molecular flexibility index (Phi) is 4.56. The van der Waals surface area contributed by atoms with Gasteiger partial charge in [-0.15, -0.1) is 0 Å². The van der Waals surface area contributed by atoms with Crippen molar-refractivity contribution in [1.29, 1.82) is 0 Å². The van der Waals surface area contributed by atoms with Crippen molar-refractivity contribution < 1.29 is 9.13 Å². The summed E-state index contributed by atoms with van der Waals surface area (Å²) in [5.41, 5.74) is 6.19. The van der Waals surface area contributed by atoms with Gasteiger partial charge in [0.05, 0.1) is 6.10 Å². The van der Waals surface area contributed by atoms with Crippen LogP contribution in [0.2, 0.25) is 0 Å². The van der Waals surface area contributed by atoms with Crippen LogP contribution in [0.3, 0.4) is 0 Å². The molecule has 0 aromatic heterocycles. The van der Waals surface area contributed by atoms with Crippen molar-refractivity contribution in [3.05, 3.63) is 29.6 Å². The van der Waals surface area contributed by atoms with Gasteiger partial charge in [-0.1, -0.05) is 19.4 Å². The van der Waals surface area contributed by atoms with E-state index in [-0.39, 0.29) is 11.9 Å². The molecule has 0 fully saturated rings. The molecule has 15 heavy (non-hydrogen) atoms. The van der Waals surface area contributed by atoms with Crippen molar-refractivity contribution in [2.45, 2.75) is 39.3 Å². The maximum atomic E-state index is 13.5. The summed E-state index contributed by atoms with van der Waals surface area (Å²) in [6.45, 7) is 4.37. The number of halogens is 1. The van der Waals surface area contributed by atoms with E-state index in [1.807, 2.05) is 6.92 Å². The molecule has 0 aliphatic rings. The topological polar surface area (TPSA) is 35.2 Å². The molecule has 0 radical (unpaired) electrons. The lowest BCUT2D eigenvalue weighted by Gasteiger charge is -2.14. The lowest BCUT2D eigenvalue weighted by atomic mass is 10.2. The first-order valence-electron chi connectivity index (χ1n) is 5.32. The van der Waals surface area contributed by atoms with Crippen molar-refractivity contribution in [2.24, 2.45) is 5.73 Å². The van der Waals surface area contributed by atoms with Gasteiger partial charge < -0.3 is 10.5 Å². The summed E-state index contributed by atoms with van der Waals surface area (Å²) in [6.07, 6.45) is 2.01. The smallest absolute Gasteiger partial charge is 0.165 e. The van der Waals surface area contributed by atoms with Crippen LogP contribution in [-0.4, -0.2) is 6.10 Å². The van der Waals surface area contributed by atoms with E-state index in [4.69, 9.17) is 10.5 Å². The van der Waals surface area contributed by atoms with E-state index >= 15 is 0 Å². The molecule has 1 atom stereocenters. The largest absolute Gasteiger partial charge is 0.488 e. The average molecular weight is 211 g/mol. The van der Waals surface area contributed by atoms with E-state index in [2.05, 4.69) is 6.92 Å². The van der Waals surface area contributed by atoms with Gasteiger partial charge in [-0.25, -0.2) is 4.39 Å². The Balaban J connectivity index is 2.69. The molecular weight excluding hydrogens is 193 g/mol. The SMILES string of the molecule is CCCC(C)Oc1ccc(CN)cc1F. The summed E-state index contributed by atoms with van der Waals surface area (Å²) in [7, 11) is 0. The van der Waals surface area contributed by atoms with Crippen LogP contribution in [0, 0.1) is 5.82 Å². The fraction of sp³-hybridized carbons (Fsp3) is 0.500. The van der Waals surface area contributed by atoms with Gasteiger partial charge in [0.15, 0.2) is 11.6 Å².